The van der Waals surface area contributed by atoms with E-state index in [2.05, 4.69) is 10.2 Å². The van der Waals surface area contributed by atoms with Crippen molar-refractivity contribution in [2.45, 2.75) is 19.4 Å². The summed E-state index contributed by atoms with van der Waals surface area (Å²) in [6, 6.07) is 11.0. The molecule has 1 fully saturated rings. The lowest BCUT2D eigenvalue weighted by Crippen LogP contribution is -2.34. The van der Waals surface area contributed by atoms with Crippen molar-refractivity contribution >= 4 is 5.91 Å². The lowest BCUT2D eigenvalue weighted by atomic mass is 10.2. The van der Waals surface area contributed by atoms with E-state index < -0.39 is 0 Å². The van der Waals surface area contributed by atoms with Crippen molar-refractivity contribution in [2.24, 2.45) is 0 Å². The Morgan fingerprint density at radius 2 is 1.96 bits per heavy atom. The second kappa shape index (κ2) is 7.83. The van der Waals surface area contributed by atoms with Gasteiger partial charge in [0.15, 0.2) is 6.61 Å². The number of ether oxygens (including phenoxy) is 3. The molecule has 1 aliphatic rings. The van der Waals surface area contributed by atoms with Gasteiger partial charge in [-0.25, -0.2) is 0 Å². The van der Waals surface area contributed by atoms with Gasteiger partial charge in [0.2, 0.25) is 11.8 Å². The van der Waals surface area contributed by atoms with Crippen molar-refractivity contribution in [3.05, 3.63) is 42.0 Å². The molecule has 0 saturated carbocycles. The van der Waals surface area contributed by atoms with Crippen molar-refractivity contribution in [2.75, 3.05) is 26.8 Å². The maximum Gasteiger partial charge on any atom is 0.260 e. The summed E-state index contributed by atoms with van der Waals surface area (Å²) in [5.74, 6) is 1.55. The Kier molecular flexibility index (Phi) is 5.33. The molecule has 1 amide bonds. The number of nitrogens with zero attached hydrogens (tertiary/aromatic N) is 3. The molecular formula is C18H21N3O4. The summed E-state index contributed by atoms with van der Waals surface area (Å²) < 4.78 is 16.4. The topological polar surface area (TPSA) is 73.8 Å². The molecule has 0 radical (unpaired) electrons. The average molecular weight is 343 g/mol. The van der Waals surface area contributed by atoms with E-state index in [1.54, 1.807) is 17.0 Å². The number of hydrogen-bond donors (Lipinski definition) is 0. The van der Waals surface area contributed by atoms with Crippen molar-refractivity contribution in [1.29, 1.82) is 0 Å². The zero-order valence-electron chi connectivity index (χ0n) is 14.3. The summed E-state index contributed by atoms with van der Waals surface area (Å²) in [5.41, 5.74) is 1.01. The Hall–Kier alpha value is -2.83. The zero-order valence-corrected chi connectivity index (χ0v) is 14.3. The van der Waals surface area contributed by atoms with Crippen LogP contribution in [0.2, 0.25) is 0 Å². The summed E-state index contributed by atoms with van der Waals surface area (Å²) in [4.78, 5) is 14.1. The highest BCUT2D eigenvalue weighted by Crippen LogP contribution is 2.19. The summed E-state index contributed by atoms with van der Waals surface area (Å²) in [6.07, 6.45) is 0.661. The molecule has 3 rings (SSSR count). The molecule has 1 saturated heterocycles. The van der Waals surface area contributed by atoms with Crippen molar-refractivity contribution in [3.8, 4) is 17.5 Å². The van der Waals surface area contributed by atoms with Gasteiger partial charge in [0.1, 0.15) is 11.9 Å². The molecule has 132 valence electrons. The number of carbonyl (C=O) groups excluding carboxylic acids is 1. The minimum atomic E-state index is -0.0925. The third-order valence-corrected chi connectivity index (χ3v) is 4.05. The highest BCUT2D eigenvalue weighted by Gasteiger charge is 2.28. The van der Waals surface area contributed by atoms with Gasteiger partial charge >= 0.3 is 0 Å². The summed E-state index contributed by atoms with van der Waals surface area (Å²) >= 11 is 0. The van der Waals surface area contributed by atoms with E-state index in [-0.39, 0.29) is 18.6 Å². The predicted molar refractivity (Wildman–Crippen MR) is 90.9 cm³/mol. The van der Waals surface area contributed by atoms with Crippen molar-refractivity contribution in [1.82, 2.24) is 15.1 Å². The van der Waals surface area contributed by atoms with Gasteiger partial charge in [-0.15, -0.1) is 10.2 Å². The SMILES string of the molecule is COc1ccc(O[C@H]2CCN(C(=O)COc3ccccc3C)C2)nn1. The van der Waals surface area contributed by atoms with Crippen LogP contribution in [0.5, 0.6) is 17.5 Å². The monoisotopic (exact) mass is 343 g/mol. The van der Waals surface area contributed by atoms with E-state index >= 15 is 0 Å². The number of carbonyl (C=O) groups is 1. The third kappa shape index (κ3) is 4.37. The first kappa shape index (κ1) is 17.0. The maximum absolute atomic E-state index is 12.3. The highest BCUT2D eigenvalue weighted by molar-refractivity contribution is 5.78. The Bertz CT molecular complexity index is 721. The second-order valence-corrected chi connectivity index (χ2v) is 5.84. The van der Waals surface area contributed by atoms with E-state index in [1.807, 2.05) is 31.2 Å². The quantitative estimate of drug-likeness (QED) is 0.797. The first-order chi connectivity index (χ1) is 12.2. The van der Waals surface area contributed by atoms with Crippen LogP contribution in [-0.4, -0.2) is 53.9 Å². The molecule has 25 heavy (non-hydrogen) atoms. The van der Waals surface area contributed by atoms with Crippen LogP contribution in [0.15, 0.2) is 36.4 Å². The normalized spacial score (nSPS) is 16.6. The number of methoxy groups -OCH3 is 1. The van der Waals surface area contributed by atoms with Crippen LogP contribution in [-0.2, 0) is 4.79 Å². The number of para-hydroxylation sites is 1. The van der Waals surface area contributed by atoms with Crippen LogP contribution < -0.4 is 14.2 Å². The Morgan fingerprint density at radius 1 is 1.20 bits per heavy atom. The van der Waals surface area contributed by atoms with Gasteiger partial charge in [0.25, 0.3) is 5.91 Å². The van der Waals surface area contributed by atoms with Gasteiger partial charge in [-0.2, -0.15) is 0 Å². The molecule has 2 aromatic rings. The Morgan fingerprint density at radius 3 is 2.68 bits per heavy atom. The van der Waals surface area contributed by atoms with Gasteiger partial charge in [0, 0.05) is 25.1 Å². The lowest BCUT2D eigenvalue weighted by molar-refractivity contribution is -0.132. The van der Waals surface area contributed by atoms with Gasteiger partial charge in [-0.05, 0) is 18.6 Å². The van der Waals surface area contributed by atoms with E-state index in [0.29, 0.717) is 24.8 Å². The standard InChI is InChI=1S/C18H21N3O4/c1-13-5-3-4-6-15(13)24-12-18(22)21-10-9-14(11-21)25-17-8-7-16(23-2)19-20-17/h3-8,14H,9-12H2,1-2H3/t14-/m0/s1. The fourth-order valence-corrected chi connectivity index (χ4v) is 2.65. The molecule has 7 nitrogen and oxygen atoms in total. The van der Waals surface area contributed by atoms with E-state index in [4.69, 9.17) is 14.2 Å². The highest BCUT2D eigenvalue weighted by atomic mass is 16.5. The fourth-order valence-electron chi connectivity index (χ4n) is 2.65. The van der Waals surface area contributed by atoms with Gasteiger partial charge in [-0.3, -0.25) is 4.79 Å². The van der Waals surface area contributed by atoms with Gasteiger partial charge < -0.3 is 19.1 Å². The van der Waals surface area contributed by atoms with Crippen molar-refractivity contribution in [3.63, 3.8) is 0 Å². The average Bonchev–Trinajstić information content (AvgIpc) is 3.10. The van der Waals surface area contributed by atoms with Crippen LogP contribution in [0.1, 0.15) is 12.0 Å². The molecule has 0 unspecified atom stereocenters. The van der Waals surface area contributed by atoms with Crippen LogP contribution in [0.4, 0.5) is 0 Å². The maximum atomic E-state index is 12.3. The minimum absolute atomic E-state index is 0.0277. The molecule has 1 aromatic carbocycles. The Labute approximate surface area is 146 Å². The number of amides is 1. The number of benzene rings is 1. The number of hydrogen-bond acceptors (Lipinski definition) is 6. The number of likely N-dealkylation sites (tertiary alicyclic amines) is 1. The van der Waals surface area contributed by atoms with E-state index in [9.17, 15) is 4.79 Å². The lowest BCUT2D eigenvalue weighted by Gasteiger charge is -2.17. The molecular weight excluding hydrogens is 322 g/mol. The molecule has 0 spiro atoms. The molecule has 1 aromatic heterocycles. The predicted octanol–water partition coefficient (Wildman–Crippen LogP) is 1.85. The first-order valence-electron chi connectivity index (χ1n) is 8.16. The number of rotatable bonds is 6. The molecule has 1 atom stereocenters. The van der Waals surface area contributed by atoms with Gasteiger partial charge in [-0.1, -0.05) is 18.2 Å². The van der Waals surface area contributed by atoms with Crippen LogP contribution in [0, 0.1) is 6.92 Å². The second-order valence-electron chi connectivity index (χ2n) is 5.84. The summed E-state index contributed by atoms with van der Waals surface area (Å²) in [6.45, 7) is 3.14. The smallest absolute Gasteiger partial charge is 0.260 e. The summed E-state index contributed by atoms with van der Waals surface area (Å²) in [7, 11) is 1.53. The third-order valence-electron chi connectivity index (χ3n) is 4.05. The van der Waals surface area contributed by atoms with Crippen LogP contribution in [0.3, 0.4) is 0 Å². The molecule has 0 aliphatic carbocycles. The first-order valence-corrected chi connectivity index (χ1v) is 8.16. The van der Waals surface area contributed by atoms with E-state index in [1.165, 1.54) is 7.11 Å². The van der Waals surface area contributed by atoms with Crippen LogP contribution in [0.25, 0.3) is 0 Å². The van der Waals surface area contributed by atoms with E-state index in [0.717, 1.165) is 17.7 Å². The van der Waals surface area contributed by atoms with Crippen LogP contribution >= 0.6 is 0 Å². The number of aryl methyl sites for hydroxylation is 1. The summed E-state index contributed by atoms with van der Waals surface area (Å²) in [5, 5.41) is 7.81. The Balaban J connectivity index is 1.48. The minimum Gasteiger partial charge on any atom is -0.484 e. The molecule has 0 bridgehead atoms. The van der Waals surface area contributed by atoms with Gasteiger partial charge in [0.05, 0.1) is 13.7 Å². The molecule has 1 aliphatic heterocycles. The molecule has 0 N–H and O–H groups in total. The largest absolute Gasteiger partial charge is 0.484 e. The van der Waals surface area contributed by atoms with Crippen molar-refractivity contribution < 1.29 is 19.0 Å². The fraction of sp³-hybridized carbons (Fsp3) is 0.389. The number of aromatic nitrogens is 2. The molecule has 2 heterocycles. The zero-order chi connectivity index (χ0) is 17.6. The molecule has 7 heteroatoms.